The van der Waals surface area contributed by atoms with Crippen molar-refractivity contribution in [3.63, 3.8) is 0 Å². The number of nitrogens with one attached hydrogen (secondary N) is 1. The van der Waals surface area contributed by atoms with Gasteiger partial charge in [0.1, 0.15) is 11.3 Å². The molecule has 24 heavy (non-hydrogen) atoms. The average Bonchev–Trinajstić information content (AvgIpc) is 2.92. The number of anilines is 2. The molecule has 5 heteroatoms. The Labute approximate surface area is 150 Å². The van der Waals surface area contributed by atoms with Crippen molar-refractivity contribution in [1.29, 1.82) is 0 Å². The maximum absolute atomic E-state index is 12.0. The Morgan fingerprint density at radius 2 is 2.04 bits per heavy atom. The standard InChI is InChI=1S/C19H19ClN2OS/c1-11(2)16(23)9-13-8-14(20)18-17(10-13)24-19(22-18)21-15-7-5-4-6-12(15)3/h4-8,10-11H,9H2,1-3H3,(H,21,22). The maximum atomic E-state index is 12.0. The zero-order valence-corrected chi connectivity index (χ0v) is 15.5. The number of Topliss-reactive ketones (excluding diaryl/α,β-unsaturated/α-hetero) is 1. The van der Waals surface area contributed by atoms with Crippen LogP contribution in [0, 0.1) is 12.8 Å². The van der Waals surface area contributed by atoms with E-state index in [1.54, 1.807) is 11.3 Å². The van der Waals surface area contributed by atoms with Crippen molar-refractivity contribution in [3.05, 3.63) is 52.5 Å². The third-order valence-corrected chi connectivity index (χ3v) is 5.12. The zero-order chi connectivity index (χ0) is 17.3. The van der Waals surface area contributed by atoms with Crippen LogP contribution in [-0.4, -0.2) is 10.8 Å². The lowest BCUT2D eigenvalue weighted by molar-refractivity contribution is -0.121. The van der Waals surface area contributed by atoms with Crippen molar-refractivity contribution < 1.29 is 4.79 Å². The number of thiazole rings is 1. The summed E-state index contributed by atoms with van der Waals surface area (Å²) in [6, 6.07) is 11.9. The minimum atomic E-state index is 0.0271. The van der Waals surface area contributed by atoms with Crippen LogP contribution in [0.25, 0.3) is 10.2 Å². The van der Waals surface area contributed by atoms with Crippen LogP contribution in [0.1, 0.15) is 25.0 Å². The largest absolute Gasteiger partial charge is 0.331 e. The summed E-state index contributed by atoms with van der Waals surface area (Å²) in [5, 5.41) is 4.74. The van der Waals surface area contributed by atoms with Gasteiger partial charge in [-0.25, -0.2) is 4.98 Å². The van der Waals surface area contributed by atoms with E-state index >= 15 is 0 Å². The van der Waals surface area contributed by atoms with Gasteiger partial charge in [-0.3, -0.25) is 4.79 Å². The molecule has 0 aliphatic carbocycles. The van der Waals surface area contributed by atoms with Gasteiger partial charge in [-0.05, 0) is 36.2 Å². The molecule has 3 nitrogen and oxygen atoms in total. The molecule has 0 saturated carbocycles. The van der Waals surface area contributed by atoms with Crippen LogP contribution in [0.5, 0.6) is 0 Å². The molecule has 0 amide bonds. The van der Waals surface area contributed by atoms with E-state index in [1.165, 1.54) is 0 Å². The van der Waals surface area contributed by atoms with E-state index in [1.807, 2.05) is 44.2 Å². The highest BCUT2D eigenvalue weighted by Crippen LogP contribution is 2.34. The summed E-state index contributed by atoms with van der Waals surface area (Å²) in [7, 11) is 0. The molecule has 3 rings (SSSR count). The Balaban J connectivity index is 1.92. The third-order valence-electron chi connectivity index (χ3n) is 3.92. The van der Waals surface area contributed by atoms with Gasteiger partial charge >= 0.3 is 0 Å². The summed E-state index contributed by atoms with van der Waals surface area (Å²) in [5.74, 6) is 0.243. The molecule has 1 aromatic heterocycles. The van der Waals surface area contributed by atoms with Crippen LogP contribution >= 0.6 is 22.9 Å². The number of fused-ring (bicyclic) bond motifs is 1. The fourth-order valence-corrected chi connectivity index (χ4v) is 3.74. The van der Waals surface area contributed by atoms with Crippen molar-refractivity contribution in [1.82, 2.24) is 4.98 Å². The van der Waals surface area contributed by atoms with Gasteiger partial charge in [-0.15, -0.1) is 0 Å². The molecule has 0 fully saturated rings. The van der Waals surface area contributed by atoms with Crippen LogP contribution < -0.4 is 5.32 Å². The summed E-state index contributed by atoms with van der Waals surface area (Å²) in [6.07, 6.45) is 0.409. The molecule has 0 unspecified atom stereocenters. The summed E-state index contributed by atoms with van der Waals surface area (Å²) in [6.45, 7) is 5.89. The Hall–Kier alpha value is -1.91. The van der Waals surface area contributed by atoms with E-state index < -0.39 is 0 Å². The van der Waals surface area contributed by atoms with Gasteiger partial charge in [-0.2, -0.15) is 0 Å². The number of rotatable bonds is 5. The van der Waals surface area contributed by atoms with Crippen LogP contribution in [0.15, 0.2) is 36.4 Å². The second-order valence-electron chi connectivity index (χ2n) is 6.18. The van der Waals surface area contributed by atoms with E-state index in [4.69, 9.17) is 11.6 Å². The van der Waals surface area contributed by atoms with Gasteiger partial charge < -0.3 is 5.32 Å². The lowest BCUT2D eigenvalue weighted by Gasteiger charge is -2.05. The fourth-order valence-electron chi connectivity index (χ4n) is 2.43. The molecule has 0 spiro atoms. The summed E-state index contributed by atoms with van der Waals surface area (Å²) in [4.78, 5) is 16.6. The number of aryl methyl sites for hydroxylation is 1. The number of nitrogens with zero attached hydrogens (tertiary/aromatic N) is 1. The molecular weight excluding hydrogens is 340 g/mol. The third kappa shape index (κ3) is 3.60. The lowest BCUT2D eigenvalue weighted by Crippen LogP contribution is -2.10. The van der Waals surface area contributed by atoms with Crippen molar-refractivity contribution in [2.24, 2.45) is 5.92 Å². The summed E-state index contributed by atoms with van der Waals surface area (Å²) < 4.78 is 0.991. The second kappa shape index (κ2) is 6.91. The van der Waals surface area contributed by atoms with E-state index in [-0.39, 0.29) is 11.7 Å². The van der Waals surface area contributed by atoms with E-state index in [2.05, 4.69) is 23.3 Å². The Bertz CT molecular complexity index is 902. The highest BCUT2D eigenvalue weighted by atomic mass is 35.5. The Morgan fingerprint density at radius 3 is 2.75 bits per heavy atom. The van der Waals surface area contributed by atoms with E-state index in [0.29, 0.717) is 11.4 Å². The van der Waals surface area contributed by atoms with Gasteiger partial charge in [0.25, 0.3) is 0 Å². The van der Waals surface area contributed by atoms with Crippen LogP contribution in [0.2, 0.25) is 5.02 Å². The number of hydrogen-bond acceptors (Lipinski definition) is 4. The molecule has 1 heterocycles. The molecule has 124 valence electrons. The molecule has 0 saturated heterocycles. The van der Waals surface area contributed by atoms with Gasteiger partial charge in [-0.1, -0.05) is 55.0 Å². The first-order valence-corrected chi connectivity index (χ1v) is 9.08. The lowest BCUT2D eigenvalue weighted by atomic mass is 10.0. The monoisotopic (exact) mass is 358 g/mol. The number of ketones is 1. The van der Waals surface area contributed by atoms with E-state index in [9.17, 15) is 4.79 Å². The minimum Gasteiger partial charge on any atom is -0.331 e. The van der Waals surface area contributed by atoms with Crippen LogP contribution in [0.4, 0.5) is 10.8 Å². The van der Waals surface area contributed by atoms with Gasteiger partial charge in [0, 0.05) is 18.0 Å². The molecule has 0 aliphatic rings. The molecule has 0 aliphatic heterocycles. The number of halogens is 1. The highest BCUT2D eigenvalue weighted by molar-refractivity contribution is 7.22. The molecule has 0 bridgehead atoms. The van der Waals surface area contributed by atoms with Crippen molar-refractivity contribution in [3.8, 4) is 0 Å². The maximum Gasteiger partial charge on any atom is 0.188 e. The van der Waals surface area contributed by atoms with Crippen molar-refractivity contribution in [2.75, 3.05) is 5.32 Å². The van der Waals surface area contributed by atoms with Crippen LogP contribution in [-0.2, 0) is 11.2 Å². The molecule has 2 aromatic carbocycles. The second-order valence-corrected chi connectivity index (χ2v) is 7.62. The predicted octanol–water partition coefficient (Wildman–Crippen LogP) is 5.77. The average molecular weight is 359 g/mol. The molecule has 0 atom stereocenters. The number of para-hydroxylation sites is 1. The summed E-state index contributed by atoms with van der Waals surface area (Å²) in [5.41, 5.74) is 3.91. The van der Waals surface area contributed by atoms with Crippen LogP contribution in [0.3, 0.4) is 0 Å². The zero-order valence-electron chi connectivity index (χ0n) is 13.9. The fraction of sp³-hybridized carbons (Fsp3) is 0.263. The first-order chi connectivity index (χ1) is 11.4. The molecule has 1 N–H and O–H groups in total. The molecule has 0 radical (unpaired) electrons. The number of benzene rings is 2. The molecule has 3 aromatic rings. The smallest absolute Gasteiger partial charge is 0.188 e. The minimum absolute atomic E-state index is 0.0271. The number of carbonyl (C=O) groups is 1. The number of aromatic nitrogens is 1. The van der Waals surface area contributed by atoms with Crippen molar-refractivity contribution in [2.45, 2.75) is 27.2 Å². The number of carbonyl (C=O) groups excluding carboxylic acids is 1. The normalized spacial score (nSPS) is 11.2. The topological polar surface area (TPSA) is 42.0 Å². The first kappa shape index (κ1) is 16.9. The highest BCUT2D eigenvalue weighted by Gasteiger charge is 2.13. The van der Waals surface area contributed by atoms with Gasteiger partial charge in [0.2, 0.25) is 0 Å². The number of hydrogen-bond donors (Lipinski definition) is 1. The SMILES string of the molecule is Cc1ccccc1Nc1nc2c(Cl)cc(CC(=O)C(C)C)cc2s1. The Kier molecular flexibility index (Phi) is 4.88. The van der Waals surface area contributed by atoms with Gasteiger partial charge in [0.15, 0.2) is 5.13 Å². The first-order valence-electron chi connectivity index (χ1n) is 7.88. The van der Waals surface area contributed by atoms with E-state index in [0.717, 1.165) is 32.2 Å². The summed E-state index contributed by atoms with van der Waals surface area (Å²) >= 11 is 7.92. The quantitative estimate of drug-likeness (QED) is 0.629. The molecular formula is C19H19ClN2OS. The van der Waals surface area contributed by atoms with Gasteiger partial charge in [0.05, 0.1) is 9.72 Å². The Morgan fingerprint density at radius 1 is 1.29 bits per heavy atom. The predicted molar refractivity (Wildman–Crippen MR) is 103 cm³/mol. The van der Waals surface area contributed by atoms with Crippen molar-refractivity contribution >= 4 is 49.8 Å².